The Labute approximate surface area is 173 Å². The van der Waals surface area contributed by atoms with E-state index < -0.39 is 0 Å². The molecule has 1 aliphatic heterocycles. The second kappa shape index (κ2) is 8.34. The predicted molar refractivity (Wildman–Crippen MR) is 114 cm³/mol. The van der Waals surface area contributed by atoms with Crippen LogP contribution in [0.2, 0.25) is 0 Å². The fraction of sp³-hybridized carbons (Fsp3) is 0.174. The largest absolute Gasteiger partial charge is 0.346 e. The summed E-state index contributed by atoms with van der Waals surface area (Å²) < 4.78 is 1.50. The van der Waals surface area contributed by atoms with Gasteiger partial charge in [0.25, 0.3) is 17.4 Å². The number of benzene rings is 2. The second-order valence-corrected chi connectivity index (χ2v) is 7.28. The van der Waals surface area contributed by atoms with Gasteiger partial charge in [-0.3, -0.25) is 19.0 Å². The normalized spacial score (nSPS) is 18.2. The van der Waals surface area contributed by atoms with Crippen LogP contribution in [-0.2, 0) is 0 Å². The molecule has 1 aromatic heterocycles. The lowest BCUT2D eigenvalue weighted by Gasteiger charge is -2.17. The Morgan fingerprint density at radius 3 is 2.27 bits per heavy atom. The molecule has 30 heavy (non-hydrogen) atoms. The number of aromatic nitrogens is 1. The number of carbonyl (C=O) groups excluding carboxylic acids is 2. The van der Waals surface area contributed by atoms with Crippen molar-refractivity contribution in [3.8, 4) is 5.69 Å². The van der Waals surface area contributed by atoms with E-state index in [4.69, 9.17) is 5.73 Å². The first-order valence-electron chi connectivity index (χ1n) is 9.72. The zero-order valence-electron chi connectivity index (χ0n) is 16.3. The highest BCUT2D eigenvalue weighted by Crippen LogP contribution is 2.14. The lowest BCUT2D eigenvalue weighted by atomic mass is 10.1. The first-order chi connectivity index (χ1) is 14.5. The van der Waals surface area contributed by atoms with Crippen molar-refractivity contribution in [1.29, 1.82) is 0 Å². The van der Waals surface area contributed by atoms with Crippen LogP contribution in [0.25, 0.3) is 5.69 Å². The number of amides is 2. The molecular weight excluding hydrogens is 380 g/mol. The molecule has 0 bridgehead atoms. The van der Waals surface area contributed by atoms with E-state index in [-0.39, 0.29) is 29.5 Å². The van der Waals surface area contributed by atoms with Gasteiger partial charge in [0, 0.05) is 48.2 Å². The van der Waals surface area contributed by atoms with Crippen molar-refractivity contribution in [2.24, 2.45) is 5.73 Å². The summed E-state index contributed by atoms with van der Waals surface area (Å²) in [5, 5.41) is 2.93. The van der Waals surface area contributed by atoms with E-state index in [0.29, 0.717) is 29.9 Å². The Hall–Kier alpha value is -3.71. The molecule has 0 radical (unpaired) electrons. The number of carbonyl (C=O) groups is 2. The maximum absolute atomic E-state index is 12.7. The van der Waals surface area contributed by atoms with Crippen LogP contribution >= 0.6 is 0 Å². The number of nitrogens with two attached hydrogens (primary N) is 1. The van der Waals surface area contributed by atoms with Crippen LogP contribution in [-0.4, -0.2) is 46.5 Å². The van der Waals surface area contributed by atoms with Crippen LogP contribution in [0.1, 0.15) is 20.7 Å². The van der Waals surface area contributed by atoms with Crippen LogP contribution in [0.4, 0.5) is 0 Å². The van der Waals surface area contributed by atoms with Crippen molar-refractivity contribution in [2.45, 2.75) is 12.1 Å². The van der Waals surface area contributed by atoms with Crippen molar-refractivity contribution in [3.05, 3.63) is 100 Å². The summed E-state index contributed by atoms with van der Waals surface area (Å²) in [5.74, 6) is -0.364. The van der Waals surface area contributed by atoms with Crippen molar-refractivity contribution >= 4 is 11.8 Å². The standard InChI is InChI=1S/C23H22N4O3/c24-19-14-26(23(30)17-6-2-1-3-7-17)15-20(19)25-22(29)16-9-11-18(12-10-16)27-13-5-4-8-21(27)28/h1-13,19-20H,14-15,24H2,(H,25,29). The Kier molecular flexibility index (Phi) is 5.45. The van der Waals surface area contributed by atoms with Gasteiger partial charge in [-0.1, -0.05) is 24.3 Å². The monoisotopic (exact) mass is 402 g/mol. The van der Waals surface area contributed by atoms with Crippen molar-refractivity contribution in [2.75, 3.05) is 13.1 Å². The maximum Gasteiger partial charge on any atom is 0.255 e. The summed E-state index contributed by atoms with van der Waals surface area (Å²) >= 11 is 0. The molecule has 0 aliphatic carbocycles. The molecule has 0 saturated carbocycles. The molecule has 1 aliphatic rings. The van der Waals surface area contributed by atoms with Gasteiger partial charge in [0.1, 0.15) is 0 Å². The number of pyridine rings is 1. The first kappa shape index (κ1) is 19.6. The number of rotatable bonds is 4. The zero-order chi connectivity index (χ0) is 21.1. The summed E-state index contributed by atoms with van der Waals surface area (Å²) in [6.45, 7) is 0.743. The molecule has 7 nitrogen and oxygen atoms in total. The van der Waals surface area contributed by atoms with Gasteiger partial charge in [0.05, 0.1) is 6.04 Å². The average molecular weight is 402 g/mol. The molecular formula is C23H22N4O3. The lowest BCUT2D eigenvalue weighted by molar-refractivity contribution is 0.0782. The van der Waals surface area contributed by atoms with Crippen molar-refractivity contribution < 1.29 is 9.59 Å². The Morgan fingerprint density at radius 1 is 0.867 bits per heavy atom. The van der Waals surface area contributed by atoms with Crippen LogP contribution < -0.4 is 16.6 Å². The summed E-state index contributed by atoms with van der Waals surface area (Å²) in [4.78, 5) is 38.9. The third kappa shape index (κ3) is 4.01. The minimum absolute atomic E-state index is 0.0968. The van der Waals surface area contributed by atoms with E-state index in [1.807, 2.05) is 18.2 Å². The zero-order valence-corrected chi connectivity index (χ0v) is 16.3. The van der Waals surface area contributed by atoms with Crippen LogP contribution in [0, 0.1) is 0 Å². The van der Waals surface area contributed by atoms with E-state index in [1.54, 1.807) is 59.6 Å². The lowest BCUT2D eigenvalue weighted by Crippen LogP contribution is -2.46. The molecule has 2 aromatic carbocycles. The van der Waals surface area contributed by atoms with Crippen LogP contribution in [0.5, 0.6) is 0 Å². The van der Waals surface area contributed by atoms with Crippen LogP contribution in [0.15, 0.2) is 83.8 Å². The van der Waals surface area contributed by atoms with Gasteiger partial charge in [-0.05, 0) is 42.5 Å². The molecule has 4 rings (SSSR count). The quantitative estimate of drug-likeness (QED) is 0.690. The second-order valence-electron chi connectivity index (χ2n) is 7.28. The van der Waals surface area contributed by atoms with Crippen molar-refractivity contribution in [3.63, 3.8) is 0 Å². The van der Waals surface area contributed by atoms with Crippen LogP contribution in [0.3, 0.4) is 0 Å². The molecule has 7 heteroatoms. The van der Waals surface area contributed by atoms with E-state index in [0.717, 1.165) is 0 Å². The van der Waals surface area contributed by atoms with Gasteiger partial charge in [0.2, 0.25) is 0 Å². The fourth-order valence-electron chi connectivity index (χ4n) is 3.58. The third-order valence-corrected chi connectivity index (χ3v) is 5.22. The Morgan fingerprint density at radius 2 is 1.57 bits per heavy atom. The van der Waals surface area contributed by atoms with Crippen molar-refractivity contribution in [1.82, 2.24) is 14.8 Å². The highest BCUT2D eigenvalue weighted by atomic mass is 16.2. The topological polar surface area (TPSA) is 97.4 Å². The number of hydrogen-bond acceptors (Lipinski definition) is 4. The Bertz CT molecular complexity index is 1110. The number of hydrogen-bond donors (Lipinski definition) is 2. The molecule has 3 aromatic rings. The van der Waals surface area contributed by atoms with Gasteiger partial charge in [-0.15, -0.1) is 0 Å². The number of nitrogens with one attached hydrogen (secondary N) is 1. The summed E-state index contributed by atoms with van der Waals surface area (Å²) in [7, 11) is 0. The molecule has 1 saturated heterocycles. The first-order valence-corrected chi connectivity index (χ1v) is 9.72. The molecule has 152 valence electrons. The van der Waals surface area contributed by atoms with E-state index in [2.05, 4.69) is 5.32 Å². The van der Waals surface area contributed by atoms with E-state index >= 15 is 0 Å². The molecule has 2 atom stereocenters. The molecule has 2 heterocycles. The highest BCUT2D eigenvalue weighted by Gasteiger charge is 2.34. The maximum atomic E-state index is 12.7. The minimum atomic E-state index is -0.344. The minimum Gasteiger partial charge on any atom is -0.346 e. The highest BCUT2D eigenvalue weighted by molar-refractivity contribution is 5.96. The summed E-state index contributed by atoms with van der Waals surface area (Å²) in [6.07, 6.45) is 1.67. The average Bonchev–Trinajstić information content (AvgIpc) is 3.14. The SMILES string of the molecule is NC1CN(C(=O)c2ccccc2)CC1NC(=O)c1ccc(-n2ccccc2=O)cc1. The molecule has 0 spiro atoms. The van der Waals surface area contributed by atoms with Gasteiger partial charge in [0.15, 0.2) is 0 Å². The van der Waals surface area contributed by atoms with E-state index in [1.165, 1.54) is 10.6 Å². The molecule has 2 amide bonds. The summed E-state index contributed by atoms with van der Waals surface area (Å²) in [5.41, 5.74) is 7.77. The van der Waals surface area contributed by atoms with Gasteiger partial charge < -0.3 is 16.0 Å². The van der Waals surface area contributed by atoms with Gasteiger partial charge >= 0.3 is 0 Å². The molecule has 3 N–H and O–H groups in total. The summed E-state index contributed by atoms with van der Waals surface area (Å²) in [6, 6.07) is 20.0. The molecule has 2 unspecified atom stereocenters. The number of likely N-dealkylation sites (tertiary alicyclic amines) is 1. The fourth-order valence-corrected chi connectivity index (χ4v) is 3.58. The van der Waals surface area contributed by atoms with Gasteiger partial charge in [-0.25, -0.2) is 0 Å². The smallest absolute Gasteiger partial charge is 0.255 e. The Balaban J connectivity index is 1.42. The predicted octanol–water partition coefficient (Wildman–Crippen LogP) is 1.42. The van der Waals surface area contributed by atoms with E-state index in [9.17, 15) is 14.4 Å². The van der Waals surface area contributed by atoms with Gasteiger partial charge in [-0.2, -0.15) is 0 Å². The third-order valence-electron chi connectivity index (χ3n) is 5.22. The number of nitrogens with zero attached hydrogens (tertiary/aromatic N) is 2. The molecule has 1 fully saturated rings.